The lowest BCUT2D eigenvalue weighted by atomic mass is 10.0. The van der Waals surface area contributed by atoms with E-state index in [9.17, 15) is 13.2 Å². The Hall–Kier alpha value is -1.40. The number of nitrogens with one attached hydrogen (secondary N) is 1. The normalized spacial score (nSPS) is 19.1. The lowest BCUT2D eigenvalue weighted by Crippen LogP contribution is -2.39. The minimum atomic E-state index is -3.41. The molecule has 0 aromatic heterocycles. The zero-order valence-electron chi connectivity index (χ0n) is 11.6. The molecule has 1 saturated heterocycles. The van der Waals surface area contributed by atoms with Crippen LogP contribution in [0.3, 0.4) is 0 Å². The van der Waals surface area contributed by atoms with Gasteiger partial charge in [0.2, 0.25) is 15.9 Å². The van der Waals surface area contributed by atoms with E-state index < -0.39 is 10.0 Å². The van der Waals surface area contributed by atoms with E-state index in [2.05, 4.69) is 5.32 Å². The summed E-state index contributed by atoms with van der Waals surface area (Å²) in [5.41, 5.74) is 0.996. The Morgan fingerprint density at radius 2 is 2.00 bits per heavy atom. The number of nitrogens with zero attached hydrogens (tertiary/aromatic N) is 1. The van der Waals surface area contributed by atoms with Crippen molar-refractivity contribution in [2.45, 2.75) is 19.3 Å². The molecule has 1 unspecified atom stereocenters. The van der Waals surface area contributed by atoms with Crippen LogP contribution in [0.15, 0.2) is 30.3 Å². The summed E-state index contributed by atoms with van der Waals surface area (Å²) in [5.74, 6) is -0.282. The van der Waals surface area contributed by atoms with Gasteiger partial charge in [-0.25, -0.2) is 8.42 Å². The summed E-state index contributed by atoms with van der Waals surface area (Å²) >= 11 is 0. The van der Waals surface area contributed by atoms with E-state index in [1.54, 1.807) is 0 Å². The number of amides is 1. The van der Waals surface area contributed by atoms with Gasteiger partial charge in [0.05, 0.1) is 12.3 Å². The quantitative estimate of drug-likeness (QED) is 0.899. The highest BCUT2D eigenvalue weighted by Crippen LogP contribution is 2.19. The van der Waals surface area contributed by atoms with Gasteiger partial charge in [0.25, 0.3) is 0 Å². The minimum absolute atomic E-state index is 0.0320. The van der Waals surface area contributed by atoms with Gasteiger partial charge in [-0.2, -0.15) is 4.31 Å². The van der Waals surface area contributed by atoms with E-state index in [1.807, 2.05) is 37.3 Å². The summed E-state index contributed by atoms with van der Waals surface area (Å²) in [6, 6.07) is 9.56. The fourth-order valence-corrected chi connectivity index (χ4v) is 4.07. The molecule has 1 heterocycles. The van der Waals surface area contributed by atoms with Crippen molar-refractivity contribution in [2.75, 3.05) is 25.4 Å². The van der Waals surface area contributed by atoms with Crippen LogP contribution in [0.25, 0.3) is 0 Å². The zero-order valence-corrected chi connectivity index (χ0v) is 12.4. The average Bonchev–Trinajstić information content (AvgIpc) is 2.64. The van der Waals surface area contributed by atoms with Crippen LogP contribution in [0.2, 0.25) is 0 Å². The Morgan fingerprint density at radius 3 is 2.70 bits per heavy atom. The average molecular weight is 296 g/mol. The number of carbonyl (C=O) groups is 1. The second kappa shape index (κ2) is 6.37. The first-order valence-electron chi connectivity index (χ1n) is 6.78. The third kappa shape index (κ3) is 3.80. The van der Waals surface area contributed by atoms with Crippen molar-refractivity contribution in [2.24, 2.45) is 0 Å². The SMILES string of the molecule is CC(CS(=O)(=O)N1CCCNC(=O)C1)c1ccccc1. The molecule has 5 nitrogen and oxygen atoms in total. The Labute approximate surface area is 120 Å². The molecule has 0 radical (unpaired) electrons. The van der Waals surface area contributed by atoms with E-state index in [0.29, 0.717) is 19.5 Å². The molecule has 1 N–H and O–H groups in total. The first-order valence-corrected chi connectivity index (χ1v) is 8.39. The monoisotopic (exact) mass is 296 g/mol. The van der Waals surface area contributed by atoms with Gasteiger partial charge >= 0.3 is 0 Å². The maximum Gasteiger partial charge on any atom is 0.235 e. The van der Waals surface area contributed by atoms with Crippen molar-refractivity contribution in [1.29, 1.82) is 0 Å². The summed E-state index contributed by atoms with van der Waals surface area (Å²) in [5, 5.41) is 2.69. The van der Waals surface area contributed by atoms with Crippen molar-refractivity contribution in [3.05, 3.63) is 35.9 Å². The smallest absolute Gasteiger partial charge is 0.235 e. The maximum atomic E-state index is 12.4. The molecule has 1 aliphatic heterocycles. The molecule has 2 rings (SSSR count). The lowest BCUT2D eigenvalue weighted by molar-refractivity contribution is -0.120. The molecular formula is C14H20N2O3S. The fraction of sp³-hybridized carbons (Fsp3) is 0.500. The molecule has 6 heteroatoms. The maximum absolute atomic E-state index is 12.4. The number of sulfonamides is 1. The topological polar surface area (TPSA) is 66.5 Å². The van der Waals surface area contributed by atoms with Crippen molar-refractivity contribution in [1.82, 2.24) is 9.62 Å². The van der Waals surface area contributed by atoms with Gasteiger partial charge in [0, 0.05) is 13.1 Å². The molecule has 1 amide bonds. The van der Waals surface area contributed by atoms with Crippen LogP contribution >= 0.6 is 0 Å². The van der Waals surface area contributed by atoms with Crippen LogP contribution in [0.1, 0.15) is 24.8 Å². The van der Waals surface area contributed by atoms with Crippen LogP contribution in [0, 0.1) is 0 Å². The molecule has 1 fully saturated rings. The van der Waals surface area contributed by atoms with E-state index in [0.717, 1.165) is 5.56 Å². The molecule has 0 bridgehead atoms. The predicted molar refractivity (Wildman–Crippen MR) is 77.8 cm³/mol. The molecule has 1 aromatic carbocycles. The number of hydrogen-bond acceptors (Lipinski definition) is 3. The number of rotatable bonds is 4. The molecule has 1 atom stereocenters. The van der Waals surface area contributed by atoms with Crippen molar-refractivity contribution in [3.63, 3.8) is 0 Å². The van der Waals surface area contributed by atoms with Crippen LogP contribution in [-0.2, 0) is 14.8 Å². The van der Waals surface area contributed by atoms with Crippen molar-refractivity contribution < 1.29 is 13.2 Å². The van der Waals surface area contributed by atoms with Crippen LogP contribution in [-0.4, -0.2) is 44.0 Å². The van der Waals surface area contributed by atoms with Gasteiger partial charge in [0.1, 0.15) is 0 Å². The standard InChI is InChI=1S/C14H20N2O3S/c1-12(13-6-3-2-4-7-13)11-20(18,19)16-9-5-8-15-14(17)10-16/h2-4,6-7,12H,5,8-11H2,1H3,(H,15,17). The number of benzene rings is 1. The Morgan fingerprint density at radius 1 is 1.30 bits per heavy atom. The van der Waals surface area contributed by atoms with Crippen LogP contribution < -0.4 is 5.32 Å². The molecule has 110 valence electrons. The molecule has 20 heavy (non-hydrogen) atoms. The van der Waals surface area contributed by atoms with Gasteiger partial charge in [-0.3, -0.25) is 4.79 Å². The van der Waals surface area contributed by atoms with Crippen LogP contribution in [0.4, 0.5) is 0 Å². The number of hydrogen-bond donors (Lipinski definition) is 1. The van der Waals surface area contributed by atoms with Crippen LogP contribution in [0.5, 0.6) is 0 Å². The summed E-state index contributed by atoms with van der Waals surface area (Å²) in [6.07, 6.45) is 0.657. The minimum Gasteiger partial charge on any atom is -0.355 e. The molecule has 1 aromatic rings. The molecule has 0 aliphatic carbocycles. The van der Waals surface area contributed by atoms with Crippen molar-refractivity contribution in [3.8, 4) is 0 Å². The predicted octanol–water partition coefficient (Wildman–Crippen LogP) is 0.942. The third-order valence-electron chi connectivity index (χ3n) is 3.45. The summed E-state index contributed by atoms with van der Waals surface area (Å²) in [4.78, 5) is 11.5. The zero-order chi connectivity index (χ0) is 14.6. The lowest BCUT2D eigenvalue weighted by Gasteiger charge is -2.21. The third-order valence-corrected chi connectivity index (χ3v) is 5.47. The van der Waals surface area contributed by atoms with Gasteiger partial charge in [0.15, 0.2) is 0 Å². The highest BCUT2D eigenvalue weighted by atomic mass is 32.2. The Kier molecular flexibility index (Phi) is 4.77. The van der Waals surface area contributed by atoms with Gasteiger partial charge in [-0.15, -0.1) is 0 Å². The second-order valence-corrected chi connectivity index (χ2v) is 7.14. The number of carbonyl (C=O) groups excluding carboxylic acids is 1. The van der Waals surface area contributed by atoms with E-state index in [4.69, 9.17) is 0 Å². The second-order valence-electron chi connectivity index (χ2n) is 5.13. The van der Waals surface area contributed by atoms with E-state index in [-0.39, 0.29) is 24.1 Å². The highest BCUT2D eigenvalue weighted by Gasteiger charge is 2.28. The summed E-state index contributed by atoms with van der Waals surface area (Å²) in [7, 11) is -3.41. The summed E-state index contributed by atoms with van der Waals surface area (Å²) < 4.78 is 26.1. The van der Waals surface area contributed by atoms with Gasteiger partial charge in [-0.1, -0.05) is 37.3 Å². The van der Waals surface area contributed by atoms with Crippen molar-refractivity contribution >= 4 is 15.9 Å². The first kappa shape index (κ1) is 15.0. The molecule has 1 aliphatic rings. The fourth-order valence-electron chi connectivity index (χ4n) is 2.31. The Balaban J connectivity index is 2.08. The molecule has 0 spiro atoms. The van der Waals surface area contributed by atoms with E-state index >= 15 is 0 Å². The molecular weight excluding hydrogens is 276 g/mol. The summed E-state index contributed by atoms with van der Waals surface area (Å²) in [6.45, 7) is 2.77. The van der Waals surface area contributed by atoms with E-state index in [1.165, 1.54) is 4.31 Å². The largest absolute Gasteiger partial charge is 0.355 e. The first-order chi connectivity index (χ1) is 9.49. The van der Waals surface area contributed by atoms with Gasteiger partial charge in [-0.05, 0) is 17.9 Å². The molecule has 0 saturated carbocycles. The highest BCUT2D eigenvalue weighted by molar-refractivity contribution is 7.89. The Bertz CT molecular complexity index is 557. The van der Waals surface area contributed by atoms with Gasteiger partial charge < -0.3 is 5.32 Å².